The number of hydrogen-bond donors (Lipinski definition) is 1. The first-order valence-corrected chi connectivity index (χ1v) is 11.4. The molecule has 0 bridgehead atoms. The molecular weight excluding hydrogens is 388 g/mol. The molecule has 1 aliphatic rings. The van der Waals surface area contributed by atoms with Crippen molar-refractivity contribution in [2.75, 3.05) is 26.3 Å². The average molecular weight is 417 g/mol. The Hall–Kier alpha value is -2.22. The lowest BCUT2D eigenvalue weighted by atomic mass is 10.0. The van der Waals surface area contributed by atoms with Crippen LogP contribution in [0.25, 0.3) is 0 Å². The molecule has 6 nitrogen and oxygen atoms in total. The number of amides is 1. The van der Waals surface area contributed by atoms with E-state index in [4.69, 9.17) is 4.74 Å². The third-order valence-corrected chi connectivity index (χ3v) is 7.16. The molecule has 0 spiro atoms. The van der Waals surface area contributed by atoms with E-state index in [-0.39, 0.29) is 17.7 Å². The van der Waals surface area contributed by atoms with Gasteiger partial charge in [0, 0.05) is 18.7 Å². The van der Waals surface area contributed by atoms with E-state index in [0.717, 1.165) is 5.56 Å². The van der Waals surface area contributed by atoms with Gasteiger partial charge in [0.2, 0.25) is 10.0 Å². The van der Waals surface area contributed by atoms with Crippen molar-refractivity contribution in [3.8, 4) is 0 Å². The van der Waals surface area contributed by atoms with Crippen LogP contribution in [0.3, 0.4) is 0 Å². The zero-order valence-electron chi connectivity index (χ0n) is 17.1. The monoisotopic (exact) mass is 416 g/mol. The van der Waals surface area contributed by atoms with E-state index >= 15 is 0 Å². The zero-order chi connectivity index (χ0) is 21.0. The fourth-order valence-electron chi connectivity index (χ4n) is 3.28. The lowest BCUT2D eigenvalue weighted by Crippen LogP contribution is -2.41. The summed E-state index contributed by atoms with van der Waals surface area (Å²) in [5.41, 5.74) is 4.63. The van der Waals surface area contributed by atoms with Crippen molar-refractivity contribution in [3.63, 3.8) is 0 Å². The molecule has 2 aromatic rings. The van der Waals surface area contributed by atoms with Crippen LogP contribution in [0.2, 0.25) is 0 Å². The molecule has 0 saturated carbocycles. The summed E-state index contributed by atoms with van der Waals surface area (Å²) in [6, 6.07) is 12.8. The summed E-state index contributed by atoms with van der Waals surface area (Å²) < 4.78 is 31.7. The second-order valence-electron chi connectivity index (χ2n) is 7.50. The molecule has 0 aliphatic carbocycles. The van der Waals surface area contributed by atoms with Crippen molar-refractivity contribution in [2.24, 2.45) is 0 Å². The van der Waals surface area contributed by atoms with Crippen LogP contribution in [-0.2, 0) is 20.5 Å². The van der Waals surface area contributed by atoms with Gasteiger partial charge < -0.3 is 10.1 Å². The second-order valence-corrected chi connectivity index (χ2v) is 9.47. The van der Waals surface area contributed by atoms with Crippen LogP contribution in [-0.4, -0.2) is 44.9 Å². The SMILES string of the molecule is Cc1ccc(C(C)NC(=O)c2ccc(CS(=O)(=O)N3CCOCC3)cc2)cc1C. The molecule has 7 heteroatoms. The van der Waals surface area contributed by atoms with Crippen molar-refractivity contribution in [1.29, 1.82) is 0 Å². The number of ether oxygens (including phenoxy) is 1. The molecule has 1 atom stereocenters. The first-order valence-electron chi connectivity index (χ1n) is 9.79. The Morgan fingerprint density at radius 3 is 2.34 bits per heavy atom. The number of nitrogens with one attached hydrogen (secondary N) is 1. The van der Waals surface area contributed by atoms with Crippen molar-refractivity contribution in [1.82, 2.24) is 9.62 Å². The van der Waals surface area contributed by atoms with E-state index < -0.39 is 10.0 Å². The summed E-state index contributed by atoms with van der Waals surface area (Å²) in [5.74, 6) is -0.258. The van der Waals surface area contributed by atoms with Gasteiger partial charge in [0.1, 0.15) is 0 Å². The first kappa shape index (κ1) is 21.5. The molecular formula is C22H28N2O4S. The summed E-state index contributed by atoms with van der Waals surface area (Å²) in [4.78, 5) is 12.6. The van der Waals surface area contributed by atoms with Crippen molar-refractivity contribution in [2.45, 2.75) is 32.6 Å². The van der Waals surface area contributed by atoms with Crippen LogP contribution >= 0.6 is 0 Å². The lowest BCUT2D eigenvalue weighted by Gasteiger charge is -2.26. The van der Waals surface area contributed by atoms with Gasteiger partial charge in [-0.3, -0.25) is 4.79 Å². The molecule has 1 unspecified atom stereocenters. The molecule has 1 saturated heterocycles. The number of morpholine rings is 1. The van der Waals surface area contributed by atoms with Gasteiger partial charge in [-0.15, -0.1) is 0 Å². The second kappa shape index (κ2) is 9.07. The van der Waals surface area contributed by atoms with Crippen LogP contribution in [0.1, 0.15) is 45.6 Å². The summed E-state index contributed by atoms with van der Waals surface area (Å²) >= 11 is 0. The number of rotatable bonds is 6. The van der Waals surface area contributed by atoms with Gasteiger partial charge in [0.05, 0.1) is 25.0 Å². The predicted octanol–water partition coefficient (Wildman–Crippen LogP) is 2.96. The van der Waals surface area contributed by atoms with Crippen molar-refractivity contribution in [3.05, 3.63) is 70.3 Å². The van der Waals surface area contributed by atoms with E-state index in [1.165, 1.54) is 15.4 Å². The first-order chi connectivity index (χ1) is 13.8. The van der Waals surface area contributed by atoms with Gasteiger partial charge in [-0.1, -0.05) is 30.3 Å². The van der Waals surface area contributed by atoms with E-state index in [1.807, 2.05) is 13.0 Å². The fourth-order valence-corrected chi connectivity index (χ4v) is 4.78. The van der Waals surface area contributed by atoms with Crippen molar-refractivity contribution < 1.29 is 17.9 Å². The zero-order valence-corrected chi connectivity index (χ0v) is 18.0. The van der Waals surface area contributed by atoms with Crippen LogP contribution < -0.4 is 5.32 Å². The molecule has 1 amide bonds. The van der Waals surface area contributed by atoms with Crippen LogP contribution in [0.4, 0.5) is 0 Å². The van der Waals surface area contributed by atoms with Gasteiger partial charge in [-0.05, 0) is 55.2 Å². The van der Waals surface area contributed by atoms with E-state index in [1.54, 1.807) is 24.3 Å². The average Bonchev–Trinajstić information content (AvgIpc) is 2.71. The Labute approximate surface area is 172 Å². The topological polar surface area (TPSA) is 75.7 Å². The van der Waals surface area contributed by atoms with Crippen LogP contribution in [0, 0.1) is 13.8 Å². The quantitative estimate of drug-likeness (QED) is 0.786. The predicted molar refractivity (Wildman–Crippen MR) is 113 cm³/mol. The van der Waals surface area contributed by atoms with Gasteiger partial charge in [0.25, 0.3) is 5.91 Å². The highest BCUT2D eigenvalue weighted by atomic mass is 32.2. The third-order valence-electron chi connectivity index (χ3n) is 5.31. The fraction of sp³-hybridized carbons (Fsp3) is 0.409. The molecule has 1 N–H and O–H groups in total. The molecule has 0 aromatic heterocycles. The van der Waals surface area contributed by atoms with Gasteiger partial charge in [-0.25, -0.2) is 8.42 Å². The number of sulfonamides is 1. The van der Waals surface area contributed by atoms with Gasteiger partial charge in [-0.2, -0.15) is 4.31 Å². The largest absolute Gasteiger partial charge is 0.379 e. The Morgan fingerprint density at radius 1 is 1.07 bits per heavy atom. The number of hydrogen-bond acceptors (Lipinski definition) is 4. The maximum atomic E-state index is 12.6. The Balaban J connectivity index is 1.63. The van der Waals surface area contributed by atoms with E-state index in [9.17, 15) is 13.2 Å². The number of nitrogens with zero attached hydrogens (tertiary/aromatic N) is 1. The van der Waals surface area contributed by atoms with Gasteiger partial charge >= 0.3 is 0 Å². The lowest BCUT2D eigenvalue weighted by molar-refractivity contribution is 0.0729. The molecule has 1 aliphatic heterocycles. The Morgan fingerprint density at radius 2 is 1.72 bits per heavy atom. The Bertz CT molecular complexity index is 965. The standard InChI is InChI=1S/C22H28N2O4S/c1-16-4-7-21(14-17(16)2)18(3)23-22(25)20-8-5-19(6-9-20)15-29(26,27)24-10-12-28-13-11-24/h4-9,14,18H,10-13,15H2,1-3H3,(H,23,25). The highest BCUT2D eigenvalue weighted by Gasteiger charge is 2.24. The van der Waals surface area contributed by atoms with Gasteiger partial charge in [0.15, 0.2) is 0 Å². The minimum atomic E-state index is -3.38. The molecule has 1 heterocycles. The summed E-state index contributed by atoms with van der Waals surface area (Å²) in [7, 11) is -3.38. The molecule has 0 radical (unpaired) electrons. The minimum Gasteiger partial charge on any atom is -0.379 e. The molecule has 3 rings (SSSR count). The molecule has 1 fully saturated rings. The minimum absolute atomic E-state index is 0.0755. The van der Waals surface area contributed by atoms with Crippen LogP contribution in [0.15, 0.2) is 42.5 Å². The number of aryl methyl sites for hydroxylation is 2. The maximum absolute atomic E-state index is 12.6. The normalized spacial score (nSPS) is 16.4. The Kier molecular flexibility index (Phi) is 6.72. The molecule has 29 heavy (non-hydrogen) atoms. The summed E-state index contributed by atoms with van der Waals surface area (Å²) in [6.07, 6.45) is 0. The summed E-state index contributed by atoms with van der Waals surface area (Å²) in [5, 5.41) is 3.00. The highest BCUT2D eigenvalue weighted by molar-refractivity contribution is 7.88. The van der Waals surface area contributed by atoms with Crippen molar-refractivity contribution >= 4 is 15.9 Å². The van der Waals surface area contributed by atoms with E-state index in [0.29, 0.717) is 37.4 Å². The number of carbonyl (C=O) groups excluding carboxylic acids is 1. The van der Waals surface area contributed by atoms with Crippen LogP contribution in [0.5, 0.6) is 0 Å². The number of carbonyl (C=O) groups is 1. The third kappa shape index (κ3) is 5.44. The number of benzene rings is 2. The molecule has 156 valence electrons. The molecule has 2 aromatic carbocycles. The highest BCUT2D eigenvalue weighted by Crippen LogP contribution is 2.18. The van der Waals surface area contributed by atoms with E-state index in [2.05, 4.69) is 31.3 Å². The smallest absolute Gasteiger partial charge is 0.251 e. The summed E-state index contributed by atoms with van der Waals surface area (Å²) in [6.45, 7) is 7.69. The maximum Gasteiger partial charge on any atom is 0.251 e.